The Kier molecular flexibility index (Phi) is 3.05. The second-order valence-electron chi connectivity index (χ2n) is 4.13. The Labute approximate surface area is 103 Å². The molecule has 0 atom stereocenters. The minimum atomic E-state index is -0.444. The van der Waals surface area contributed by atoms with Gasteiger partial charge in [0.05, 0.1) is 0 Å². The van der Waals surface area contributed by atoms with Crippen LogP contribution in [0.2, 0.25) is 0 Å². The number of hydrogen-bond donors (Lipinski definition) is 1. The van der Waals surface area contributed by atoms with Crippen LogP contribution in [-0.2, 0) is 27.1 Å². The Balaban J connectivity index is 2.33. The number of nitrogen functional groups attached to an aromatic ring is 1. The van der Waals surface area contributed by atoms with Gasteiger partial charge in [0.2, 0.25) is 0 Å². The Morgan fingerprint density at radius 1 is 1.33 bits per heavy atom. The van der Waals surface area contributed by atoms with Gasteiger partial charge in [0, 0.05) is 45.1 Å². The summed E-state index contributed by atoms with van der Waals surface area (Å²) in [4.78, 5) is 23.6. The van der Waals surface area contributed by atoms with Crippen molar-refractivity contribution in [3.05, 3.63) is 45.0 Å². The highest BCUT2D eigenvalue weighted by Crippen LogP contribution is 1.98. The van der Waals surface area contributed by atoms with E-state index in [1.54, 1.807) is 17.9 Å². The van der Waals surface area contributed by atoms with Crippen LogP contribution in [0.5, 0.6) is 0 Å². The molecular weight excluding hydrogens is 234 g/mol. The van der Waals surface area contributed by atoms with Crippen LogP contribution in [0.4, 0.5) is 5.69 Å². The van der Waals surface area contributed by atoms with E-state index in [9.17, 15) is 9.59 Å². The lowest BCUT2D eigenvalue weighted by Crippen LogP contribution is -2.40. The molecule has 0 aliphatic heterocycles. The van der Waals surface area contributed by atoms with Crippen molar-refractivity contribution in [3.63, 3.8) is 0 Å². The molecule has 96 valence electrons. The highest BCUT2D eigenvalue weighted by Gasteiger charge is 2.08. The van der Waals surface area contributed by atoms with Crippen molar-refractivity contribution >= 4 is 5.69 Å². The molecule has 2 aromatic rings. The molecule has 0 radical (unpaired) electrons. The molecule has 0 aliphatic carbocycles. The van der Waals surface area contributed by atoms with Gasteiger partial charge in [-0.3, -0.25) is 14.0 Å². The Bertz CT molecular complexity index is 645. The Morgan fingerprint density at radius 2 is 2.06 bits per heavy atom. The smallest absolute Gasteiger partial charge is 0.330 e. The summed E-state index contributed by atoms with van der Waals surface area (Å²) in [6, 6.07) is 1.85. The van der Waals surface area contributed by atoms with E-state index >= 15 is 0 Å². The monoisotopic (exact) mass is 249 g/mol. The molecular formula is C11H15N5O2. The number of hydrogen-bond acceptors (Lipinski definition) is 4. The van der Waals surface area contributed by atoms with E-state index in [0.717, 1.165) is 10.3 Å². The van der Waals surface area contributed by atoms with E-state index in [0.29, 0.717) is 6.42 Å². The summed E-state index contributed by atoms with van der Waals surface area (Å²) in [7, 11) is 3.38. The average molecular weight is 249 g/mol. The average Bonchev–Trinajstić information content (AvgIpc) is 2.73. The zero-order chi connectivity index (χ0) is 13.3. The fraction of sp³-hybridized carbons (Fsp3) is 0.364. The van der Waals surface area contributed by atoms with Gasteiger partial charge < -0.3 is 10.3 Å². The van der Waals surface area contributed by atoms with Gasteiger partial charge >= 0.3 is 5.69 Å². The quantitative estimate of drug-likeness (QED) is 0.764. The molecule has 0 amide bonds. The van der Waals surface area contributed by atoms with Crippen LogP contribution >= 0.6 is 0 Å². The summed E-state index contributed by atoms with van der Waals surface area (Å²) >= 11 is 0. The highest BCUT2D eigenvalue weighted by molar-refractivity contribution is 5.30. The third-order valence-corrected chi connectivity index (χ3v) is 2.87. The fourth-order valence-corrected chi connectivity index (χ4v) is 1.82. The lowest BCUT2D eigenvalue weighted by molar-refractivity contribution is 0.572. The van der Waals surface area contributed by atoms with Crippen LogP contribution in [0, 0.1) is 0 Å². The first-order chi connectivity index (χ1) is 8.50. The first kappa shape index (κ1) is 12.2. The lowest BCUT2D eigenvalue weighted by Gasteiger charge is -2.08. The zero-order valence-corrected chi connectivity index (χ0v) is 10.3. The topological polar surface area (TPSA) is 87.8 Å². The van der Waals surface area contributed by atoms with Crippen molar-refractivity contribution in [2.45, 2.75) is 13.0 Å². The number of rotatable bonds is 3. The van der Waals surface area contributed by atoms with Crippen molar-refractivity contribution in [1.29, 1.82) is 0 Å². The van der Waals surface area contributed by atoms with Gasteiger partial charge in [-0.2, -0.15) is 5.10 Å². The fourth-order valence-electron chi connectivity index (χ4n) is 1.82. The van der Waals surface area contributed by atoms with E-state index < -0.39 is 5.56 Å². The molecule has 0 aromatic carbocycles. The van der Waals surface area contributed by atoms with Crippen molar-refractivity contribution < 1.29 is 0 Å². The number of anilines is 1. The Hall–Kier alpha value is -2.31. The predicted molar refractivity (Wildman–Crippen MR) is 67.3 cm³/mol. The van der Waals surface area contributed by atoms with Crippen LogP contribution in [0.15, 0.2) is 28.0 Å². The minimum absolute atomic E-state index is 0.0714. The molecule has 0 saturated carbocycles. The molecule has 7 heteroatoms. The largest absolute Gasteiger partial charge is 0.393 e. The molecule has 0 bridgehead atoms. The van der Waals surface area contributed by atoms with E-state index in [1.807, 2.05) is 13.1 Å². The summed E-state index contributed by atoms with van der Waals surface area (Å²) in [5.41, 5.74) is 5.77. The Morgan fingerprint density at radius 3 is 2.67 bits per heavy atom. The molecule has 7 nitrogen and oxygen atoms in total. The zero-order valence-electron chi connectivity index (χ0n) is 10.3. The van der Waals surface area contributed by atoms with Gasteiger partial charge in [-0.05, 0) is 6.07 Å². The number of aromatic nitrogens is 4. The maximum Gasteiger partial charge on any atom is 0.330 e. The molecule has 2 heterocycles. The second-order valence-corrected chi connectivity index (χ2v) is 4.13. The number of nitrogens with two attached hydrogens (primary N) is 1. The summed E-state index contributed by atoms with van der Waals surface area (Å²) in [5.74, 6) is 0. The molecule has 2 N–H and O–H groups in total. The standard InChI is InChI=1S/C11H15N5O2/c1-14-7-9(12)10(17)16(11(14)18)6-4-8-3-5-13-15(8)2/h3,5,7H,4,6,12H2,1-2H3. The maximum absolute atomic E-state index is 11.8. The summed E-state index contributed by atoms with van der Waals surface area (Å²) < 4.78 is 4.16. The van der Waals surface area contributed by atoms with Crippen LogP contribution in [0.1, 0.15) is 5.69 Å². The SMILES string of the molecule is Cn1nccc1CCn1c(=O)c(N)cn(C)c1=O. The summed E-state index contributed by atoms with van der Waals surface area (Å²) in [6.45, 7) is 0.288. The first-order valence-corrected chi connectivity index (χ1v) is 5.53. The normalized spacial score (nSPS) is 10.8. The van der Waals surface area contributed by atoms with Crippen molar-refractivity contribution in [2.24, 2.45) is 14.1 Å². The van der Waals surface area contributed by atoms with Crippen molar-refractivity contribution in [1.82, 2.24) is 18.9 Å². The minimum Gasteiger partial charge on any atom is -0.393 e. The van der Waals surface area contributed by atoms with Gasteiger partial charge in [-0.1, -0.05) is 0 Å². The number of nitrogens with zero attached hydrogens (tertiary/aromatic N) is 4. The van der Waals surface area contributed by atoms with Crippen LogP contribution < -0.4 is 17.0 Å². The molecule has 18 heavy (non-hydrogen) atoms. The van der Waals surface area contributed by atoms with Crippen LogP contribution in [-0.4, -0.2) is 18.9 Å². The van der Waals surface area contributed by atoms with Gasteiger partial charge in [-0.15, -0.1) is 0 Å². The third-order valence-electron chi connectivity index (χ3n) is 2.87. The van der Waals surface area contributed by atoms with E-state index in [4.69, 9.17) is 5.73 Å². The molecule has 0 aliphatic rings. The number of aryl methyl sites for hydroxylation is 3. The molecule has 0 saturated heterocycles. The first-order valence-electron chi connectivity index (χ1n) is 5.53. The van der Waals surface area contributed by atoms with Crippen molar-refractivity contribution in [3.8, 4) is 0 Å². The predicted octanol–water partition coefficient (Wildman–Crippen LogP) is -0.895. The molecule has 0 fully saturated rings. The summed E-state index contributed by atoms with van der Waals surface area (Å²) in [6.07, 6.45) is 3.57. The highest BCUT2D eigenvalue weighted by atomic mass is 16.2. The van der Waals surface area contributed by atoms with E-state index in [1.165, 1.54) is 10.8 Å². The maximum atomic E-state index is 11.8. The molecule has 2 rings (SSSR count). The third kappa shape index (κ3) is 2.06. The van der Waals surface area contributed by atoms with Gasteiger partial charge in [-0.25, -0.2) is 4.79 Å². The lowest BCUT2D eigenvalue weighted by atomic mass is 10.3. The van der Waals surface area contributed by atoms with Gasteiger partial charge in [0.15, 0.2) is 0 Å². The summed E-state index contributed by atoms with van der Waals surface area (Å²) in [5, 5.41) is 4.03. The molecule has 0 spiro atoms. The van der Waals surface area contributed by atoms with E-state index in [2.05, 4.69) is 5.10 Å². The molecule has 2 aromatic heterocycles. The second kappa shape index (κ2) is 4.52. The van der Waals surface area contributed by atoms with Crippen LogP contribution in [0.25, 0.3) is 0 Å². The van der Waals surface area contributed by atoms with Crippen molar-refractivity contribution in [2.75, 3.05) is 5.73 Å². The van der Waals surface area contributed by atoms with Gasteiger partial charge in [0.25, 0.3) is 5.56 Å². The van der Waals surface area contributed by atoms with Crippen LogP contribution in [0.3, 0.4) is 0 Å². The van der Waals surface area contributed by atoms with E-state index in [-0.39, 0.29) is 17.9 Å². The molecule has 0 unspecified atom stereocenters. The van der Waals surface area contributed by atoms with Gasteiger partial charge in [0.1, 0.15) is 5.69 Å².